The molecule has 2 atom stereocenters. The first-order chi connectivity index (χ1) is 7.36. The van der Waals surface area contributed by atoms with Crippen LogP contribution in [0.1, 0.15) is 32.1 Å². The molecule has 15 heavy (non-hydrogen) atoms. The highest BCUT2D eigenvalue weighted by molar-refractivity contribution is 5.20. The van der Waals surface area contributed by atoms with Gasteiger partial charge in [0, 0.05) is 13.2 Å². The van der Waals surface area contributed by atoms with Crippen LogP contribution in [0.2, 0.25) is 0 Å². The first-order valence-corrected chi connectivity index (χ1v) is 6.29. The van der Waals surface area contributed by atoms with Crippen molar-refractivity contribution in [2.45, 2.75) is 38.2 Å². The number of ether oxygens (including phenoxy) is 1. The highest BCUT2D eigenvalue weighted by Gasteiger charge is 2.44. The summed E-state index contributed by atoms with van der Waals surface area (Å²) in [6, 6.07) is 0. The summed E-state index contributed by atoms with van der Waals surface area (Å²) in [5.41, 5.74) is 1.70. The van der Waals surface area contributed by atoms with Crippen molar-refractivity contribution in [2.24, 2.45) is 17.8 Å². The average Bonchev–Trinajstić information content (AvgIpc) is 2.21. The molecule has 0 aromatic carbocycles. The minimum Gasteiger partial charge on any atom is -0.396 e. The molecule has 0 radical (unpaired) electrons. The largest absolute Gasteiger partial charge is 0.396 e. The summed E-state index contributed by atoms with van der Waals surface area (Å²) in [4.78, 5) is 0. The van der Waals surface area contributed by atoms with E-state index in [0.29, 0.717) is 6.10 Å². The van der Waals surface area contributed by atoms with Crippen molar-refractivity contribution in [3.63, 3.8) is 0 Å². The maximum Gasteiger partial charge on any atom is 0.0637 e. The van der Waals surface area contributed by atoms with Crippen LogP contribution in [0, 0.1) is 17.8 Å². The molecule has 4 aliphatic carbocycles. The second-order valence-electron chi connectivity index (χ2n) is 5.40. The summed E-state index contributed by atoms with van der Waals surface area (Å²) < 4.78 is 5.97. The van der Waals surface area contributed by atoms with Gasteiger partial charge in [-0.15, -0.1) is 0 Å². The average molecular weight is 208 g/mol. The lowest BCUT2D eigenvalue weighted by Gasteiger charge is -2.49. The zero-order valence-electron chi connectivity index (χ0n) is 9.19. The van der Waals surface area contributed by atoms with E-state index >= 15 is 0 Å². The Morgan fingerprint density at radius 1 is 1.27 bits per heavy atom. The van der Waals surface area contributed by atoms with Crippen LogP contribution in [0.3, 0.4) is 0 Å². The summed E-state index contributed by atoms with van der Waals surface area (Å²) in [6.45, 7) is 1.01. The molecule has 84 valence electrons. The Hall–Kier alpha value is -0.340. The Balaban J connectivity index is 1.64. The maximum atomic E-state index is 8.76. The van der Waals surface area contributed by atoms with Crippen LogP contribution in [0.4, 0.5) is 0 Å². The second kappa shape index (κ2) is 3.91. The van der Waals surface area contributed by atoms with Gasteiger partial charge in [-0.3, -0.25) is 0 Å². The third kappa shape index (κ3) is 1.74. The molecule has 2 nitrogen and oxygen atoms in total. The first-order valence-electron chi connectivity index (χ1n) is 6.29. The van der Waals surface area contributed by atoms with E-state index < -0.39 is 0 Å². The van der Waals surface area contributed by atoms with Gasteiger partial charge in [0.25, 0.3) is 0 Å². The molecule has 0 aromatic rings. The normalized spacial score (nSPS) is 42.1. The van der Waals surface area contributed by atoms with Crippen LogP contribution in [0.5, 0.6) is 0 Å². The summed E-state index contributed by atoms with van der Waals surface area (Å²) in [5, 5.41) is 8.76. The molecule has 0 heterocycles. The predicted octanol–water partition coefficient (Wildman–Crippen LogP) is 2.13. The van der Waals surface area contributed by atoms with Gasteiger partial charge in [0.2, 0.25) is 0 Å². The smallest absolute Gasteiger partial charge is 0.0637 e. The Labute approximate surface area is 91.3 Å². The van der Waals surface area contributed by atoms with Crippen molar-refractivity contribution in [3.05, 3.63) is 11.6 Å². The van der Waals surface area contributed by atoms with Gasteiger partial charge in [-0.25, -0.2) is 0 Å². The minimum absolute atomic E-state index is 0.260. The maximum absolute atomic E-state index is 8.76. The van der Waals surface area contributed by atoms with E-state index in [0.717, 1.165) is 30.8 Å². The van der Waals surface area contributed by atoms with Crippen LogP contribution < -0.4 is 0 Å². The first kappa shape index (κ1) is 9.86. The molecule has 4 rings (SSSR count). The van der Waals surface area contributed by atoms with Crippen molar-refractivity contribution in [3.8, 4) is 0 Å². The summed E-state index contributed by atoms with van der Waals surface area (Å²) in [5.74, 6) is 2.46. The fourth-order valence-electron chi connectivity index (χ4n) is 3.84. The fraction of sp³-hybridized carbons (Fsp3) is 0.846. The molecule has 0 amide bonds. The van der Waals surface area contributed by atoms with Crippen LogP contribution in [-0.2, 0) is 4.74 Å². The molecular formula is C13H20O2. The molecule has 2 unspecified atom stereocenters. The van der Waals surface area contributed by atoms with E-state index in [4.69, 9.17) is 9.84 Å². The van der Waals surface area contributed by atoms with Crippen LogP contribution >= 0.6 is 0 Å². The van der Waals surface area contributed by atoms with Gasteiger partial charge in [0.15, 0.2) is 0 Å². The molecule has 4 bridgehead atoms. The zero-order chi connectivity index (χ0) is 10.3. The molecule has 0 spiro atoms. The Morgan fingerprint density at radius 2 is 2.00 bits per heavy atom. The predicted molar refractivity (Wildman–Crippen MR) is 58.5 cm³/mol. The van der Waals surface area contributed by atoms with Crippen LogP contribution in [0.25, 0.3) is 0 Å². The quantitative estimate of drug-likeness (QED) is 0.566. The van der Waals surface area contributed by atoms with E-state index in [1.165, 1.54) is 25.7 Å². The molecule has 1 N–H and O–H groups in total. The molecule has 2 saturated carbocycles. The molecule has 0 aromatic heterocycles. The molecule has 4 aliphatic rings. The molecule has 0 saturated heterocycles. The lowest BCUT2D eigenvalue weighted by atomic mass is 9.60. The van der Waals surface area contributed by atoms with Gasteiger partial charge in [-0.2, -0.15) is 0 Å². The zero-order valence-corrected chi connectivity index (χ0v) is 9.19. The Kier molecular flexibility index (Phi) is 2.57. The van der Waals surface area contributed by atoms with Gasteiger partial charge in [0.1, 0.15) is 0 Å². The number of aliphatic hydroxyl groups is 1. The Bertz CT molecular complexity index is 254. The summed E-state index contributed by atoms with van der Waals surface area (Å²) in [7, 11) is 0. The summed E-state index contributed by atoms with van der Waals surface area (Å²) in [6.07, 6.45) is 9.10. The minimum atomic E-state index is 0.260. The highest BCUT2D eigenvalue weighted by Crippen LogP contribution is 2.51. The topological polar surface area (TPSA) is 29.5 Å². The van der Waals surface area contributed by atoms with E-state index in [-0.39, 0.29) is 6.61 Å². The van der Waals surface area contributed by atoms with Crippen molar-refractivity contribution in [2.75, 3.05) is 13.2 Å². The third-order valence-electron chi connectivity index (χ3n) is 4.27. The monoisotopic (exact) mass is 208 g/mol. The number of hydrogen-bond acceptors (Lipinski definition) is 2. The van der Waals surface area contributed by atoms with Gasteiger partial charge >= 0.3 is 0 Å². The van der Waals surface area contributed by atoms with Crippen molar-refractivity contribution >= 4 is 0 Å². The van der Waals surface area contributed by atoms with E-state index in [1.807, 2.05) is 0 Å². The second-order valence-corrected chi connectivity index (χ2v) is 5.40. The molecule has 2 heteroatoms. The van der Waals surface area contributed by atoms with E-state index in [9.17, 15) is 0 Å². The van der Waals surface area contributed by atoms with E-state index in [1.54, 1.807) is 5.57 Å². The lowest BCUT2D eigenvalue weighted by molar-refractivity contribution is -0.0765. The van der Waals surface area contributed by atoms with Gasteiger partial charge in [-0.05, 0) is 49.9 Å². The third-order valence-corrected chi connectivity index (χ3v) is 4.27. The highest BCUT2D eigenvalue weighted by atomic mass is 16.5. The number of aliphatic hydroxyl groups excluding tert-OH is 1. The molecule has 0 aliphatic heterocycles. The van der Waals surface area contributed by atoms with Crippen LogP contribution in [-0.4, -0.2) is 24.4 Å². The fourth-order valence-corrected chi connectivity index (χ4v) is 3.84. The van der Waals surface area contributed by atoms with Crippen molar-refractivity contribution in [1.29, 1.82) is 0 Å². The molecule has 2 fully saturated rings. The van der Waals surface area contributed by atoms with Crippen molar-refractivity contribution in [1.82, 2.24) is 0 Å². The standard InChI is InChI=1S/C13H20O2/c14-2-1-3-15-13-11-5-9-4-10(7-11)8-12(13)6-9/h4,9,11-14H,1-3,5-8H2. The number of allylic oxidation sites excluding steroid dienone is 2. The summed E-state index contributed by atoms with van der Waals surface area (Å²) >= 11 is 0. The Morgan fingerprint density at radius 3 is 2.60 bits per heavy atom. The van der Waals surface area contributed by atoms with E-state index in [2.05, 4.69) is 6.08 Å². The lowest BCUT2D eigenvalue weighted by Crippen LogP contribution is -2.45. The molecular weight excluding hydrogens is 188 g/mol. The van der Waals surface area contributed by atoms with Crippen LogP contribution in [0.15, 0.2) is 11.6 Å². The van der Waals surface area contributed by atoms with Gasteiger partial charge < -0.3 is 9.84 Å². The number of hydrogen-bond donors (Lipinski definition) is 1. The number of rotatable bonds is 4. The van der Waals surface area contributed by atoms with Crippen molar-refractivity contribution < 1.29 is 9.84 Å². The van der Waals surface area contributed by atoms with Gasteiger partial charge in [-0.1, -0.05) is 11.6 Å². The van der Waals surface area contributed by atoms with Gasteiger partial charge in [0.05, 0.1) is 6.10 Å². The SMILES string of the molecule is OCCCOC1C2CC3=CC(C2)CC1C3.